The highest BCUT2D eigenvalue weighted by Crippen LogP contribution is 2.22. The Labute approximate surface area is 152 Å². The number of para-hydroxylation sites is 1. The Balaban J connectivity index is 1.45. The zero-order valence-corrected chi connectivity index (χ0v) is 14.4. The Morgan fingerprint density at radius 2 is 1.81 bits per heavy atom. The van der Waals surface area contributed by atoms with Gasteiger partial charge in [-0.1, -0.05) is 11.3 Å². The van der Waals surface area contributed by atoms with Crippen LogP contribution in [-0.4, -0.2) is 62.1 Å². The fraction of sp³-hybridized carbons (Fsp3) is 0.312. The van der Waals surface area contributed by atoms with Gasteiger partial charge in [0.1, 0.15) is 23.6 Å². The summed E-state index contributed by atoms with van der Waals surface area (Å²) in [5, 5.41) is 10.3. The smallest absolute Gasteiger partial charge is 0.322 e. The number of fused-ring (bicyclic) bond motifs is 1. The van der Waals surface area contributed by atoms with Gasteiger partial charge in [0.25, 0.3) is 0 Å². The second-order valence-electron chi connectivity index (χ2n) is 6.08. The summed E-state index contributed by atoms with van der Waals surface area (Å²) in [6.07, 6.45) is 1.45. The van der Waals surface area contributed by atoms with Crippen LogP contribution in [-0.2, 0) is 7.05 Å². The van der Waals surface area contributed by atoms with Crippen LogP contribution in [0.1, 0.15) is 0 Å². The maximum Gasteiger partial charge on any atom is 0.322 e. The van der Waals surface area contributed by atoms with Crippen LogP contribution in [0.5, 0.6) is 0 Å². The second-order valence-corrected chi connectivity index (χ2v) is 6.08. The van der Waals surface area contributed by atoms with Crippen LogP contribution >= 0.6 is 0 Å². The lowest BCUT2D eigenvalue weighted by Gasteiger charge is -2.35. The molecule has 140 valence electrons. The lowest BCUT2D eigenvalue weighted by atomic mass is 10.3. The first-order chi connectivity index (χ1) is 13.0. The van der Waals surface area contributed by atoms with Gasteiger partial charge in [-0.3, -0.25) is 0 Å². The molecule has 1 aliphatic rings. The molecule has 0 aliphatic carbocycles. The van der Waals surface area contributed by atoms with E-state index in [0.717, 1.165) is 12.1 Å². The van der Waals surface area contributed by atoms with E-state index in [4.69, 9.17) is 0 Å². The molecule has 9 nitrogen and oxygen atoms in total. The Hall–Kier alpha value is -3.37. The summed E-state index contributed by atoms with van der Waals surface area (Å²) >= 11 is 0. The van der Waals surface area contributed by atoms with Gasteiger partial charge in [0.15, 0.2) is 17.0 Å². The summed E-state index contributed by atoms with van der Waals surface area (Å²) < 4.78 is 29.0. The van der Waals surface area contributed by atoms with Crippen LogP contribution in [0.4, 0.5) is 25.1 Å². The molecule has 0 atom stereocenters. The molecule has 0 spiro atoms. The highest BCUT2D eigenvalue weighted by molar-refractivity contribution is 5.90. The molecule has 1 saturated heterocycles. The third-order valence-corrected chi connectivity index (χ3v) is 4.43. The van der Waals surface area contributed by atoms with Crippen molar-refractivity contribution in [1.29, 1.82) is 0 Å². The van der Waals surface area contributed by atoms with Crippen molar-refractivity contribution in [2.75, 3.05) is 36.4 Å². The molecule has 2 aromatic heterocycles. The Bertz CT molecular complexity index is 979. The molecule has 0 bridgehead atoms. The Kier molecular flexibility index (Phi) is 4.26. The molecule has 0 unspecified atom stereocenters. The SMILES string of the molecule is Cn1nnc2c(N3CCN(C(=O)Nc4c(F)cccc4F)CC3)ncnc21. The number of anilines is 2. The van der Waals surface area contributed by atoms with Crippen LogP contribution < -0.4 is 10.2 Å². The number of aryl methyl sites for hydroxylation is 1. The number of halogens is 2. The van der Waals surface area contributed by atoms with Gasteiger partial charge < -0.3 is 15.1 Å². The minimum atomic E-state index is -0.812. The molecule has 0 radical (unpaired) electrons. The van der Waals surface area contributed by atoms with E-state index in [1.165, 1.54) is 17.3 Å². The number of rotatable bonds is 2. The molecule has 27 heavy (non-hydrogen) atoms. The van der Waals surface area contributed by atoms with Crippen LogP contribution in [0.25, 0.3) is 11.2 Å². The summed E-state index contributed by atoms with van der Waals surface area (Å²) in [5.74, 6) is -0.977. The lowest BCUT2D eigenvalue weighted by molar-refractivity contribution is 0.208. The summed E-state index contributed by atoms with van der Waals surface area (Å²) in [6.45, 7) is 1.73. The molecule has 1 aliphatic heterocycles. The van der Waals surface area contributed by atoms with Gasteiger partial charge in [0, 0.05) is 33.2 Å². The molecule has 4 rings (SSSR count). The fourth-order valence-corrected chi connectivity index (χ4v) is 3.00. The third-order valence-electron chi connectivity index (χ3n) is 4.43. The predicted octanol–water partition coefficient (Wildman–Crippen LogP) is 1.39. The molecule has 1 N–H and O–H groups in total. The normalized spacial score (nSPS) is 14.6. The summed E-state index contributed by atoms with van der Waals surface area (Å²) in [4.78, 5) is 24.3. The fourth-order valence-electron chi connectivity index (χ4n) is 3.00. The molecule has 11 heteroatoms. The number of piperazine rings is 1. The van der Waals surface area contributed by atoms with Gasteiger partial charge in [-0.25, -0.2) is 28.2 Å². The summed E-state index contributed by atoms with van der Waals surface area (Å²) in [6, 6.07) is 2.88. The van der Waals surface area contributed by atoms with Crippen molar-refractivity contribution in [2.24, 2.45) is 7.05 Å². The maximum absolute atomic E-state index is 13.7. The average Bonchev–Trinajstić information content (AvgIpc) is 3.06. The quantitative estimate of drug-likeness (QED) is 0.729. The molecule has 2 amide bonds. The number of carbonyl (C=O) groups is 1. The first kappa shape index (κ1) is 17.1. The van der Waals surface area contributed by atoms with Gasteiger partial charge >= 0.3 is 6.03 Å². The largest absolute Gasteiger partial charge is 0.351 e. The number of amides is 2. The van der Waals surface area contributed by atoms with E-state index in [-0.39, 0.29) is 0 Å². The van der Waals surface area contributed by atoms with Gasteiger partial charge in [0.2, 0.25) is 0 Å². The first-order valence-electron chi connectivity index (χ1n) is 8.30. The van der Waals surface area contributed by atoms with Gasteiger partial charge in [-0.15, -0.1) is 5.10 Å². The van der Waals surface area contributed by atoms with Crippen LogP contribution in [0.3, 0.4) is 0 Å². The van der Waals surface area contributed by atoms with E-state index >= 15 is 0 Å². The lowest BCUT2D eigenvalue weighted by Crippen LogP contribution is -2.50. The number of hydrogen-bond donors (Lipinski definition) is 1. The van der Waals surface area contributed by atoms with Gasteiger partial charge in [0.05, 0.1) is 0 Å². The number of carbonyl (C=O) groups excluding carboxylic acids is 1. The zero-order chi connectivity index (χ0) is 19.0. The summed E-state index contributed by atoms with van der Waals surface area (Å²) in [5.41, 5.74) is 0.767. The zero-order valence-electron chi connectivity index (χ0n) is 14.4. The third kappa shape index (κ3) is 3.11. The summed E-state index contributed by atoms with van der Waals surface area (Å²) in [7, 11) is 1.75. The van der Waals surface area contributed by atoms with Crippen LogP contribution in [0, 0.1) is 11.6 Å². The number of nitrogens with zero attached hydrogens (tertiary/aromatic N) is 7. The number of hydrogen-bond acceptors (Lipinski definition) is 6. The molecule has 3 aromatic rings. The number of aromatic nitrogens is 5. The predicted molar refractivity (Wildman–Crippen MR) is 93.3 cm³/mol. The molecular formula is C16H16F2N8O. The van der Waals surface area contributed by atoms with E-state index in [1.807, 2.05) is 4.90 Å². The number of nitrogens with one attached hydrogen (secondary N) is 1. The van der Waals surface area contributed by atoms with E-state index in [9.17, 15) is 13.6 Å². The van der Waals surface area contributed by atoms with E-state index in [0.29, 0.717) is 43.2 Å². The molecule has 1 fully saturated rings. The van der Waals surface area contributed by atoms with Gasteiger partial charge in [-0.05, 0) is 12.1 Å². The molecule has 3 heterocycles. The standard InChI is InChI=1S/C16H16F2N8O/c1-24-14-13(22-23-24)15(20-9-19-14)25-5-7-26(8-6-25)16(27)21-12-10(17)3-2-4-11(12)18/h2-4,9H,5-8H2,1H3,(H,21,27). The second kappa shape index (κ2) is 6.74. The molecule has 0 saturated carbocycles. The van der Waals surface area contributed by atoms with E-state index < -0.39 is 23.4 Å². The first-order valence-corrected chi connectivity index (χ1v) is 8.30. The average molecular weight is 374 g/mol. The van der Waals surface area contributed by atoms with Crippen molar-refractivity contribution in [3.8, 4) is 0 Å². The Morgan fingerprint density at radius 3 is 2.52 bits per heavy atom. The van der Waals surface area contributed by atoms with Crippen molar-refractivity contribution < 1.29 is 13.6 Å². The van der Waals surface area contributed by atoms with Crippen molar-refractivity contribution in [3.05, 3.63) is 36.2 Å². The highest BCUT2D eigenvalue weighted by Gasteiger charge is 2.25. The van der Waals surface area contributed by atoms with Crippen molar-refractivity contribution in [2.45, 2.75) is 0 Å². The number of benzene rings is 1. The van der Waals surface area contributed by atoms with Crippen LogP contribution in [0.2, 0.25) is 0 Å². The van der Waals surface area contributed by atoms with Crippen molar-refractivity contribution >= 4 is 28.7 Å². The maximum atomic E-state index is 13.7. The van der Waals surface area contributed by atoms with E-state index in [1.54, 1.807) is 11.7 Å². The minimum Gasteiger partial charge on any atom is -0.351 e. The van der Waals surface area contributed by atoms with Crippen molar-refractivity contribution in [1.82, 2.24) is 29.9 Å². The number of urea groups is 1. The molecule has 1 aromatic carbocycles. The van der Waals surface area contributed by atoms with Crippen LogP contribution in [0.15, 0.2) is 24.5 Å². The topological polar surface area (TPSA) is 92.1 Å². The minimum absolute atomic E-state index is 0.369. The van der Waals surface area contributed by atoms with Gasteiger partial charge in [-0.2, -0.15) is 0 Å². The van der Waals surface area contributed by atoms with E-state index in [2.05, 4.69) is 25.6 Å². The monoisotopic (exact) mass is 374 g/mol. The highest BCUT2D eigenvalue weighted by atomic mass is 19.1. The molecular weight excluding hydrogens is 358 g/mol. The van der Waals surface area contributed by atoms with Crippen molar-refractivity contribution in [3.63, 3.8) is 0 Å². The Morgan fingerprint density at radius 1 is 1.11 bits per heavy atom.